The summed E-state index contributed by atoms with van der Waals surface area (Å²) in [6.45, 7) is 2.12. The Hall–Kier alpha value is -1.87. The first-order chi connectivity index (χ1) is 8.69. The van der Waals surface area contributed by atoms with Crippen LogP contribution in [0.4, 0.5) is 5.82 Å². The number of aryl methyl sites for hydroxylation is 1. The van der Waals surface area contributed by atoms with E-state index in [-0.39, 0.29) is 0 Å². The Bertz CT molecular complexity index is 508. The summed E-state index contributed by atoms with van der Waals surface area (Å²) in [6, 6.07) is 11.7. The molecule has 0 aliphatic heterocycles. The fourth-order valence-corrected chi connectivity index (χ4v) is 1.94. The molecule has 0 aliphatic carbocycles. The highest BCUT2D eigenvalue weighted by Crippen LogP contribution is 2.19. The molecule has 3 nitrogen and oxygen atoms in total. The van der Waals surface area contributed by atoms with Gasteiger partial charge in [-0.05, 0) is 35.2 Å². The van der Waals surface area contributed by atoms with Crippen LogP contribution in [0.3, 0.4) is 0 Å². The van der Waals surface area contributed by atoms with Crippen molar-refractivity contribution in [3.63, 3.8) is 0 Å². The third-order valence-electron chi connectivity index (χ3n) is 3.05. The Balaban J connectivity index is 2.09. The van der Waals surface area contributed by atoms with Crippen molar-refractivity contribution in [2.24, 2.45) is 0 Å². The van der Waals surface area contributed by atoms with E-state index in [0.717, 1.165) is 17.5 Å². The van der Waals surface area contributed by atoms with Gasteiger partial charge in [0.2, 0.25) is 0 Å². The first kappa shape index (κ1) is 12.6. The van der Waals surface area contributed by atoms with Gasteiger partial charge >= 0.3 is 0 Å². The maximum Gasteiger partial charge on any atom is 0.123 e. The van der Waals surface area contributed by atoms with Crippen molar-refractivity contribution >= 4 is 5.82 Å². The molecule has 0 aliphatic rings. The predicted octanol–water partition coefficient (Wildman–Crippen LogP) is 2.50. The largest absolute Gasteiger partial charge is 0.388 e. The quantitative estimate of drug-likeness (QED) is 0.866. The van der Waals surface area contributed by atoms with Gasteiger partial charge in [0.15, 0.2) is 0 Å². The molecule has 0 fully saturated rings. The van der Waals surface area contributed by atoms with Gasteiger partial charge in [-0.3, -0.25) is 0 Å². The standard InChI is InChI=1S/C15H18N2O/c1-2-11-3-5-13(6-4-11)14(18)9-12-7-8-17-15(16)10-12/h3-8,10,14,18H,2,9H2,1H3,(H2,16,17). The van der Waals surface area contributed by atoms with Gasteiger partial charge in [-0.25, -0.2) is 4.98 Å². The molecule has 1 atom stereocenters. The number of hydrogen-bond acceptors (Lipinski definition) is 3. The molecule has 1 aromatic carbocycles. The summed E-state index contributed by atoms with van der Waals surface area (Å²) in [5.41, 5.74) is 8.82. The fourth-order valence-electron chi connectivity index (χ4n) is 1.94. The summed E-state index contributed by atoms with van der Waals surface area (Å²) in [6.07, 6.45) is 2.73. The van der Waals surface area contributed by atoms with E-state index >= 15 is 0 Å². The summed E-state index contributed by atoms with van der Waals surface area (Å²) in [5, 5.41) is 10.2. The van der Waals surface area contributed by atoms with Crippen molar-refractivity contribution in [1.29, 1.82) is 0 Å². The molecule has 0 saturated heterocycles. The van der Waals surface area contributed by atoms with E-state index in [1.807, 2.05) is 18.2 Å². The zero-order valence-electron chi connectivity index (χ0n) is 10.5. The van der Waals surface area contributed by atoms with Crippen LogP contribution in [0.25, 0.3) is 0 Å². The minimum atomic E-state index is -0.502. The van der Waals surface area contributed by atoms with Gasteiger partial charge in [-0.2, -0.15) is 0 Å². The number of nitrogen functional groups attached to an aromatic ring is 1. The van der Waals surface area contributed by atoms with Gasteiger partial charge in [-0.15, -0.1) is 0 Å². The molecular weight excluding hydrogens is 224 g/mol. The molecule has 0 saturated carbocycles. The molecule has 1 heterocycles. The zero-order valence-corrected chi connectivity index (χ0v) is 10.5. The number of aromatic nitrogens is 1. The summed E-state index contributed by atoms with van der Waals surface area (Å²) >= 11 is 0. The second kappa shape index (κ2) is 5.65. The highest BCUT2D eigenvalue weighted by atomic mass is 16.3. The lowest BCUT2D eigenvalue weighted by Crippen LogP contribution is -2.03. The topological polar surface area (TPSA) is 59.1 Å². The van der Waals surface area contributed by atoms with Gasteiger partial charge in [-0.1, -0.05) is 31.2 Å². The van der Waals surface area contributed by atoms with E-state index in [1.165, 1.54) is 5.56 Å². The highest BCUT2D eigenvalue weighted by molar-refractivity contribution is 5.33. The van der Waals surface area contributed by atoms with Crippen molar-refractivity contribution < 1.29 is 5.11 Å². The molecule has 0 amide bonds. The van der Waals surface area contributed by atoms with E-state index in [4.69, 9.17) is 5.73 Å². The van der Waals surface area contributed by atoms with Crippen molar-refractivity contribution in [3.05, 3.63) is 59.3 Å². The second-order valence-electron chi connectivity index (χ2n) is 4.40. The minimum absolute atomic E-state index is 0.487. The third kappa shape index (κ3) is 3.08. The Labute approximate surface area is 107 Å². The Morgan fingerprint density at radius 2 is 1.89 bits per heavy atom. The van der Waals surface area contributed by atoms with Crippen molar-refractivity contribution in [1.82, 2.24) is 4.98 Å². The minimum Gasteiger partial charge on any atom is -0.388 e. The number of anilines is 1. The fraction of sp³-hybridized carbons (Fsp3) is 0.267. The summed E-state index contributed by atoms with van der Waals surface area (Å²) in [5.74, 6) is 0.487. The van der Waals surface area contributed by atoms with E-state index in [2.05, 4.69) is 24.0 Å². The van der Waals surface area contributed by atoms with Crippen LogP contribution in [-0.4, -0.2) is 10.1 Å². The Kier molecular flexibility index (Phi) is 3.95. The maximum atomic E-state index is 10.2. The molecule has 3 N–H and O–H groups in total. The van der Waals surface area contributed by atoms with Crippen molar-refractivity contribution in [3.8, 4) is 0 Å². The monoisotopic (exact) mass is 242 g/mol. The van der Waals surface area contributed by atoms with Crippen LogP contribution < -0.4 is 5.73 Å². The van der Waals surface area contributed by atoms with Crippen LogP contribution in [0.15, 0.2) is 42.6 Å². The number of benzene rings is 1. The second-order valence-corrected chi connectivity index (χ2v) is 4.40. The average Bonchev–Trinajstić information content (AvgIpc) is 2.39. The molecule has 94 valence electrons. The lowest BCUT2D eigenvalue weighted by Gasteiger charge is -2.11. The number of aliphatic hydroxyl groups is 1. The lowest BCUT2D eigenvalue weighted by molar-refractivity contribution is 0.178. The van der Waals surface area contributed by atoms with Crippen molar-refractivity contribution in [2.45, 2.75) is 25.9 Å². The first-order valence-electron chi connectivity index (χ1n) is 6.16. The third-order valence-corrected chi connectivity index (χ3v) is 3.05. The molecule has 18 heavy (non-hydrogen) atoms. The molecular formula is C15H18N2O. The molecule has 3 heteroatoms. The number of nitrogens with zero attached hydrogens (tertiary/aromatic N) is 1. The predicted molar refractivity (Wildman–Crippen MR) is 73.1 cm³/mol. The van der Waals surface area contributed by atoms with Crippen LogP contribution in [0, 0.1) is 0 Å². The van der Waals surface area contributed by atoms with Gasteiger partial charge < -0.3 is 10.8 Å². The van der Waals surface area contributed by atoms with E-state index in [0.29, 0.717) is 12.2 Å². The number of pyridine rings is 1. The van der Waals surface area contributed by atoms with Gasteiger partial charge in [0.05, 0.1) is 6.10 Å². The number of nitrogens with two attached hydrogens (primary N) is 1. The molecule has 0 spiro atoms. The normalized spacial score (nSPS) is 12.3. The first-order valence-corrected chi connectivity index (χ1v) is 6.16. The molecule has 2 aromatic rings. The molecule has 1 unspecified atom stereocenters. The van der Waals surface area contributed by atoms with Crippen LogP contribution in [-0.2, 0) is 12.8 Å². The molecule has 0 radical (unpaired) electrons. The smallest absolute Gasteiger partial charge is 0.123 e. The molecule has 2 rings (SSSR count). The number of aliphatic hydroxyl groups excluding tert-OH is 1. The number of hydrogen-bond donors (Lipinski definition) is 2. The maximum absolute atomic E-state index is 10.2. The SMILES string of the molecule is CCc1ccc(C(O)Cc2ccnc(N)c2)cc1. The Morgan fingerprint density at radius 3 is 2.50 bits per heavy atom. The zero-order chi connectivity index (χ0) is 13.0. The average molecular weight is 242 g/mol. The van der Waals surface area contributed by atoms with Crippen molar-refractivity contribution in [2.75, 3.05) is 5.73 Å². The summed E-state index contributed by atoms with van der Waals surface area (Å²) < 4.78 is 0. The van der Waals surface area contributed by atoms with Gasteiger partial charge in [0.25, 0.3) is 0 Å². The molecule has 0 bridgehead atoms. The lowest BCUT2D eigenvalue weighted by atomic mass is 10.0. The van der Waals surface area contributed by atoms with E-state index in [1.54, 1.807) is 12.3 Å². The van der Waals surface area contributed by atoms with Gasteiger partial charge in [0, 0.05) is 12.6 Å². The van der Waals surface area contributed by atoms with E-state index < -0.39 is 6.10 Å². The highest BCUT2D eigenvalue weighted by Gasteiger charge is 2.08. The van der Waals surface area contributed by atoms with Crippen LogP contribution >= 0.6 is 0 Å². The number of rotatable bonds is 4. The van der Waals surface area contributed by atoms with E-state index in [9.17, 15) is 5.11 Å². The molecule has 1 aromatic heterocycles. The van der Waals surface area contributed by atoms with Crippen LogP contribution in [0.1, 0.15) is 29.7 Å². The summed E-state index contributed by atoms with van der Waals surface area (Å²) in [7, 11) is 0. The van der Waals surface area contributed by atoms with Gasteiger partial charge in [0.1, 0.15) is 5.82 Å². The Morgan fingerprint density at radius 1 is 1.17 bits per heavy atom. The van der Waals surface area contributed by atoms with Crippen LogP contribution in [0.5, 0.6) is 0 Å². The van der Waals surface area contributed by atoms with Crippen LogP contribution in [0.2, 0.25) is 0 Å². The summed E-state index contributed by atoms with van der Waals surface area (Å²) in [4.78, 5) is 3.94.